The minimum Gasteiger partial charge on any atom is -0.456 e. The Bertz CT molecular complexity index is 1210. The van der Waals surface area contributed by atoms with Crippen LogP contribution in [0.2, 0.25) is 5.02 Å². The molecule has 5 rings (SSSR count). The van der Waals surface area contributed by atoms with E-state index in [1.54, 1.807) is 0 Å². The standard InChI is InChI=1S/C22H13ClO/c23-15-11-12-19-21(13-15)24-20-10-4-9-18(22(19)20)17-8-3-6-14-5-1-2-7-16(14)17/h1-13H. The maximum Gasteiger partial charge on any atom is 0.136 e. The van der Waals surface area contributed by atoms with E-state index in [9.17, 15) is 0 Å². The lowest BCUT2D eigenvalue weighted by molar-refractivity contribution is 0.669. The lowest BCUT2D eigenvalue weighted by atomic mass is 9.95. The van der Waals surface area contributed by atoms with Crippen LogP contribution in [0, 0.1) is 0 Å². The van der Waals surface area contributed by atoms with Crippen molar-refractivity contribution in [1.82, 2.24) is 0 Å². The third-order valence-corrected chi connectivity index (χ3v) is 4.77. The largest absolute Gasteiger partial charge is 0.456 e. The number of rotatable bonds is 1. The van der Waals surface area contributed by atoms with Crippen molar-refractivity contribution in [2.75, 3.05) is 0 Å². The average molecular weight is 329 g/mol. The van der Waals surface area contributed by atoms with Gasteiger partial charge in [0.15, 0.2) is 0 Å². The van der Waals surface area contributed by atoms with E-state index in [1.807, 2.05) is 30.3 Å². The lowest BCUT2D eigenvalue weighted by Crippen LogP contribution is -1.82. The fourth-order valence-corrected chi connectivity index (χ4v) is 3.65. The minimum atomic E-state index is 0.688. The van der Waals surface area contributed by atoms with Gasteiger partial charge < -0.3 is 4.42 Å². The van der Waals surface area contributed by atoms with Crippen LogP contribution in [0.25, 0.3) is 43.8 Å². The van der Waals surface area contributed by atoms with E-state index in [0.717, 1.165) is 21.9 Å². The highest BCUT2D eigenvalue weighted by Crippen LogP contribution is 2.39. The van der Waals surface area contributed by atoms with Gasteiger partial charge in [0.05, 0.1) is 0 Å². The number of hydrogen-bond acceptors (Lipinski definition) is 1. The third-order valence-electron chi connectivity index (χ3n) is 4.54. The Kier molecular flexibility index (Phi) is 2.91. The molecule has 0 saturated carbocycles. The molecule has 2 heteroatoms. The normalized spacial score (nSPS) is 11.5. The van der Waals surface area contributed by atoms with Gasteiger partial charge in [-0.05, 0) is 40.1 Å². The average Bonchev–Trinajstić information content (AvgIpc) is 2.98. The van der Waals surface area contributed by atoms with E-state index < -0.39 is 0 Å². The highest BCUT2D eigenvalue weighted by atomic mass is 35.5. The van der Waals surface area contributed by atoms with Crippen LogP contribution in [0.3, 0.4) is 0 Å². The summed E-state index contributed by atoms with van der Waals surface area (Å²) in [7, 11) is 0. The Morgan fingerprint density at radius 2 is 1.42 bits per heavy atom. The molecule has 5 aromatic rings. The Morgan fingerprint density at radius 3 is 2.38 bits per heavy atom. The number of halogens is 1. The minimum absolute atomic E-state index is 0.688. The van der Waals surface area contributed by atoms with E-state index in [2.05, 4.69) is 48.5 Å². The second-order valence-electron chi connectivity index (χ2n) is 5.95. The molecule has 1 nitrogen and oxygen atoms in total. The molecule has 0 atom stereocenters. The first-order valence-electron chi connectivity index (χ1n) is 7.90. The summed E-state index contributed by atoms with van der Waals surface area (Å²) < 4.78 is 6.02. The summed E-state index contributed by atoms with van der Waals surface area (Å²) in [6, 6.07) is 26.9. The maximum absolute atomic E-state index is 6.12. The third kappa shape index (κ3) is 1.95. The summed E-state index contributed by atoms with van der Waals surface area (Å²) >= 11 is 6.12. The molecule has 0 aliphatic rings. The van der Waals surface area contributed by atoms with Gasteiger partial charge in [0.25, 0.3) is 0 Å². The monoisotopic (exact) mass is 328 g/mol. The van der Waals surface area contributed by atoms with Crippen LogP contribution in [0.15, 0.2) is 83.3 Å². The van der Waals surface area contributed by atoms with Gasteiger partial charge in [-0.3, -0.25) is 0 Å². The summed E-state index contributed by atoms with van der Waals surface area (Å²) in [6.45, 7) is 0. The predicted octanol–water partition coefficient (Wildman–Crippen LogP) is 7.06. The highest BCUT2D eigenvalue weighted by Gasteiger charge is 2.14. The fourth-order valence-electron chi connectivity index (χ4n) is 3.48. The zero-order chi connectivity index (χ0) is 16.1. The molecular formula is C22H13ClO. The molecule has 0 aliphatic carbocycles. The van der Waals surface area contributed by atoms with E-state index in [1.165, 1.54) is 21.9 Å². The molecule has 0 saturated heterocycles. The van der Waals surface area contributed by atoms with E-state index >= 15 is 0 Å². The van der Waals surface area contributed by atoms with Crippen molar-refractivity contribution in [3.05, 3.63) is 83.9 Å². The van der Waals surface area contributed by atoms with Crippen LogP contribution in [0.4, 0.5) is 0 Å². The van der Waals surface area contributed by atoms with E-state index in [0.29, 0.717) is 5.02 Å². The van der Waals surface area contributed by atoms with Crippen molar-refractivity contribution < 1.29 is 4.42 Å². The number of hydrogen-bond donors (Lipinski definition) is 0. The lowest BCUT2D eigenvalue weighted by Gasteiger charge is -2.08. The van der Waals surface area contributed by atoms with E-state index in [4.69, 9.17) is 16.0 Å². The molecule has 0 unspecified atom stereocenters. The van der Waals surface area contributed by atoms with Crippen molar-refractivity contribution in [2.45, 2.75) is 0 Å². The Balaban J connectivity index is 1.94. The highest BCUT2D eigenvalue weighted by molar-refractivity contribution is 6.31. The molecule has 0 radical (unpaired) electrons. The van der Waals surface area contributed by atoms with Crippen molar-refractivity contribution in [3.8, 4) is 11.1 Å². The molecule has 0 amide bonds. The van der Waals surface area contributed by atoms with Crippen molar-refractivity contribution >= 4 is 44.3 Å². The van der Waals surface area contributed by atoms with Crippen LogP contribution in [-0.4, -0.2) is 0 Å². The number of fused-ring (bicyclic) bond motifs is 4. The first kappa shape index (κ1) is 13.6. The zero-order valence-corrected chi connectivity index (χ0v) is 13.5. The van der Waals surface area contributed by atoms with Crippen molar-refractivity contribution in [2.24, 2.45) is 0 Å². The summed E-state index contributed by atoms with van der Waals surface area (Å²) in [6.07, 6.45) is 0. The molecule has 0 spiro atoms. The first-order valence-corrected chi connectivity index (χ1v) is 8.28. The molecule has 114 valence electrons. The fraction of sp³-hybridized carbons (Fsp3) is 0. The van der Waals surface area contributed by atoms with Gasteiger partial charge in [0.2, 0.25) is 0 Å². The quantitative estimate of drug-likeness (QED) is 0.321. The Labute approximate surface area is 144 Å². The van der Waals surface area contributed by atoms with Crippen molar-refractivity contribution in [1.29, 1.82) is 0 Å². The SMILES string of the molecule is Clc1ccc2c(c1)oc1cccc(-c3cccc4ccccc34)c12. The van der Waals surface area contributed by atoms with Crippen molar-refractivity contribution in [3.63, 3.8) is 0 Å². The summed E-state index contributed by atoms with van der Waals surface area (Å²) in [4.78, 5) is 0. The molecule has 0 bridgehead atoms. The van der Waals surface area contributed by atoms with Gasteiger partial charge in [-0.15, -0.1) is 0 Å². The molecular weight excluding hydrogens is 316 g/mol. The van der Waals surface area contributed by atoms with Gasteiger partial charge >= 0.3 is 0 Å². The zero-order valence-electron chi connectivity index (χ0n) is 12.8. The number of furan rings is 1. The smallest absolute Gasteiger partial charge is 0.136 e. The van der Waals surface area contributed by atoms with Crippen LogP contribution in [-0.2, 0) is 0 Å². The molecule has 24 heavy (non-hydrogen) atoms. The molecule has 0 N–H and O–H groups in total. The Hall–Kier alpha value is -2.77. The first-order chi connectivity index (χ1) is 11.8. The molecule has 0 fully saturated rings. The van der Waals surface area contributed by atoms with Gasteiger partial charge in [0.1, 0.15) is 11.2 Å². The van der Waals surface area contributed by atoms with Gasteiger partial charge in [-0.25, -0.2) is 0 Å². The van der Waals surface area contributed by atoms with Crippen LogP contribution in [0.5, 0.6) is 0 Å². The molecule has 1 aromatic heterocycles. The van der Waals surface area contributed by atoms with Crippen LogP contribution < -0.4 is 0 Å². The van der Waals surface area contributed by atoms with Gasteiger partial charge in [-0.2, -0.15) is 0 Å². The molecule has 0 aliphatic heterocycles. The van der Waals surface area contributed by atoms with E-state index in [-0.39, 0.29) is 0 Å². The Morgan fingerprint density at radius 1 is 0.625 bits per heavy atom. The summed E-state index contributed by atoms with van der Waals surface area (Å²) in [5.41, 5.74) is 4.12. The van der Waals surface area contributed by atoms with Crippen LogP contribution >= 0.6 is 11.6 Å². The topological polar surface area (TPSA) is 13.1 Å². The van der Waals surface area contributed by atoms with Gasteiger partial charge in [-0.1, -0.05) is 66.2 Å². The van der Waals surface area contributed by atoms with Gasteiger partial charge in [0, 0.05) is 21.9 Å². The summed E-state index contributed by atoms with van der Waals surface area (Å²) in [5.74, 6) is 0. The van der Waals surface area contributed by atoms with Crippen LogP contribution in [0.1, 0.15) is 0 Å². The summed E-state index contributed by atoms with van der Waals surface area (Å²) in [5, 5.41) is 5.41. The maximum atomic E-state index is 6.12. The number of benzene rings is 4. The predicted molar refractivity (Wildman–Crippen MR) is 102 cm³/mol. The molecule has 4 aromatic carbocycles. The second-order valence-corrected chi connectivity index (χ2v) is 6.38. The second kappa shape index (κ2) is 5.12. The molecule has 1 heterocycles.